The third kappa shape index (κ3) is 3.46. The molecule has 0 aliphatic heterocycles. The molecule has 0 amide bonds. The Hall–Kier alpha value is -3.08. The first-order chi connectivity index (χ1) is 11.7. The van der Waals surface area contributed by atoms with E-state index in [2.05, 4.69) is 21.6 Å². The van der Waals surface area contributed by atoms with E-state index >= 15 is 0 Å². The molecule has 0 saturated heterocycles. The highest BCUT2D eigenvalue weighted by Crippen LogP contribution is 2.26. The topological polar surface area (TPSA) is 66.7 Å². The molecule has 1 aromatic heterocycles. The Morgan fingerprint density at radius 2 is 2.04 bits per heavy atom. The molecule has 0 radical (unpaired) electrons. The van der Waals surface area contributed by atoms with Crippen LogP contribution in [0.25, 0.3) is 10.9 Å². The molecule has 122 valence electrons. The largest absolute Gasteiger partial charge is 0.504 e. The number of phenolic OH excluding ortho intramolecular Hbond substituents is 1. The molecule has 0 fully saturated rings. The fourth-order valence-corrected chi connectivity index (χ4v) is 2.46. The molecule has 2 aromatic carbocycles. The summed E-state index contributed by atoms with van der Waals surface area (Å²) >= 11 is 0. The second-order valence-corrected chi connectivity index (χ2v) is 5.37. The van der Waals surface area contributed by atoms with Crippen LogP contribution in [0.5, 0.6) is 11.5 Å². The van der Waals surface area contributed by atoms with Gasteiger partial charge in [-0.1, -0.05) is 18.2 Å². The van der Waals surface area contributed by atoms with Crippen LogP contribution in [0.15, 0.2) is 53.6 Å². The number of aromatic nitrogens is 1. The lowest BCUT2D eigenvalue weighted by Crippen LogP contribution is -1.96. The number of nitrogens with one attached hydrogen (secondary N) is 1. The van der Waals surface area contributed by atoms with Gasteiger partial charge >= 0.3 is 0 Å². The average molecular weight is 321 g/mol. The van der Waals surface area contributed by atoms with Crippen LogP contribution < -0.4 is 10.2 Å². The maximum Gasteiger partial charge on any atom is 0.161 e. The van der Waals surface area contributed by atoms with Crippen LogP contribution in [0.4, 0.5) is 5.82 Å². The average Bonchev–Trinajstić information content (AvgIpc) is 2.58. The van der Waals surface area contributed by atoms with E-state index in [4.69, 9.17) is 4.74 Å². The highest BCUT2D eigenvalue weighted by molar-refractivity contribution is 5.84. The van der Waals surface area contributed by atoms with E-state index in [0.29, 0.717) is 18.2 Å². The second-order valence-electron chi connectivity index (χ2n) is 5.37. The number of aryl methyl sites for hydroxylation is 1. The zero-order valence-electron chi connectivity index (χ0n) is 13.7. The molecule has 0 bridgehead atoms. The quantitative estimate of drug-likeness (QED) is 0.548. The molecule has 1 heterocycles. The Balaban J connectivity index is 1.78. The smallest absolute Gasteiger partial charge is 0.161 e. The molecule has 0 saturated carbocycles. The van der Waals surface area contributed by atoms with Gasteiger partial charge < -0.3 is 9.84 Å². The van der Waals surface area contributed by atoms with Gasteiger partial charge in [0.15, 0.2) is 11.5 Å². The lowest BCUT2D eigenvalue weighted by Gasteiger charge is -2.07. The fourth-order valence-electron chi connectivity index (χ4n) is 2.46. The normalized spacial score (nSPS) is 11.1. The summed E-state index contributed by atoms with van der Waals surface area (Å²) in [5.74, 6) is 1.25. The standard InChI is InChI=1S/C19H19N3O2/c1-3-24-18-11-14(8-9-17(18)23)12-20-22-19-10-13(2)15-6-4-5-7-16(15)21-19/h4-12,23H,3H2,1-2H3,(H,21,22)/b20-12+. The molecule has 0 spiro atoms. The van der Waals surface area contributed by atoms with Crippen LogP contribution in [0.2, 0.25) is 0 Å². The number of fused-ring (bicyclic) bond motifs is 1. The van der Waals surface area contributed by atoms with E-state index in [9.17, 15) is 5.11 Å². The summed E-state index contributed by atoms with van der Waals surface area (Å²) < 4.78 is 5.36. The van der Waals surface area contributed by atoms with Crippen molar-refractivity contribution in [1.29, 1.82) is 0 Å². The summed E-state index contributed by atoms with van der Waals surface area (Å²) in [6.07, 6.45) is 1.66. The lowest BCUT2D eigenvalue weighted by atomic mass is 10.1. The number of hydrogen-bond acceptors (Lipinski definition) is 5. The van der Waals surface area contributed by atoms with Gasteiger partial charge in [-0.3, -0.25) is 5.43 Å². The van der Waals surface area contributed by atoms with E-state index in [1.54, 1.807) is 24.4 Å². The highest BCUT2D eigenvalue weighted by atomic mass is 16.5. The van der Waals surface area contributed by atoms with Crippen LogP contribution in [-0.4, -0.2) is 22.9 Å². The number of ether oxygens (including phenoxy) is 1. The van der Waals surface area contributed by atoms with Crippen LogP contribution in [-0.2, 0) is 0 Å². The molecule has 3 rings (SSSR count). The molecule has 0 aliphatic rings. The Kier molecular flexibility index (Phi) is 4.61. The van der Waals surface area contributed by atoms with Crippen molar-refractivity contribution in [3.8, 4) is 11.5 Å². The summed E-state index contributed by atoms with van der Waals surface area (Å²) in [7, 11) is 0. The number of para-hydroxylation sites is 1. The van der Waals surface area contributed by atoms with Crippen molar-refractivity contribution in [2.24, 2.45) is 5.10 Å². The number of hydrazone groups is 1. The first-order valence-electron chi connectivity index (χ1n) is 7.78. The first kappa shape index (κ1) is 15.8. The van der Waals surface area contributed by atoms with E-state index in [1.165, 1.54) is 0 Å². The molecular formula is C19H19N3O2. The number of rotatable bonds is 5. The van der Waals surface area contributed by atoms with Crippen molar-refractivity contribution in [3.63, 3.8) is 0 Å². The van der Waals surface area contributed by atoms with Gasteiger partial charge in [-0.05, 0) is 55.3 Å². The summed E-state index contributed by atoms with van der Waals surface area (Å²) in [4.78, 5) is 4.54. The minimum atomic E-state index is 0.119. The molecule has 5 nitrogen and oxygen atoms in total. The predicted molar refractivity (Wildman–Crippen MR) is 97.0 cm³/mol. The Bertz CT molecular complexity index is 891. The third-order valence-corrected chi connectivity index (χ3v) is 3.60. The van der Waals surface area contributed by atoms with E-state index < -0.39 is 0 Å². The van der Waals surface area contributed by atoms with Gasteiger partial charge in [0.2, 0.25) is 0 Å². The Morgan fingerprint density at radius 1 is 1.21 bits per heavy atom. The van der Waals surface area contributed by atoms with E-state index in [-0.39, 0.29) is 5.75 Å². The number of pyridine rings is 1. The molecule has 5 heteroatoms. The number of aromatic hydroxyl groups is 1. The van der Waals surface area contributed by atoms with Crippen molar-refractivity contribution >= 4 is 22.9 Å². The molecule has 2 N–H and O–H groups in total. The van der Waals surface area contributed by atoms with Gasteiger partial charge in [-0.2, -0.15) is 5.10 Å². The number of anilines is 1. The molecule has 0 unspecified atom stereocenters. The number of phenols is 1. The SMILES string of the molecule is CCOc1cc(/C=N/Nc2cc(C)c3ccccc3n2)ccc1O. The minimum absolute atomic E-state index is 0.119. The molecule has 0 atom stereocenters. The number of hydrogen-bond donors (Lipinski definition) is 2. The second kappa shape index (κ2) is 7.00. The predicted octanol–water partition coefficient (Wildman–Crippen LogP) is 4.09. The van der Waals surface area contributed by atoms with Gasteiger partial charge in [0.1, 0.15) is 5.82 Å². The summed E-state index contributed by atoms with van der Waals surface area (Å²) in [6, 6.07) is 15.1. The maximum absolute atomic E-state index is 9.71. The maximum atomic E-state index is 9.71. The lowest BCUT2D eigenvalue weighted by molar-refractivity contribution is 0.318. The number of nitrogens with zero attached hydrogens (tertiary/aromatic N) is 2. The van der Waals surface area contributed by atoms with Gasteiger partial charge in [0, 0.05) is 5.39 Å². The van der Waals surface area contributed by atoms with Crippen molar-refractivity contribution in [1.82, 2.24) is 4.98 Å². The Morgan fingerprint density at radius 3 is 2.88 bits per heavy atom. The Labute approximate surface area is 140 Å². The number of benzene rings is 2. The molecule has 0 aliphatic carbocycles. The van der Waals surface area contributed by atoms with Crippen LogP contribution in [0.1, 0.15) is 18.1 Å². The van der Waals surface area contributed by atoms with E-state index in [0.717, 1.165) is 22.0 Å². The van der Waals surface area contributed by atoms with Crippen molar-refractivity contribution < 1.29 is 9.84 Å². The van der Waals surface area contributed by atoms with E-state index in [1.807, 2.05) is 38.1 Å². The minimum Gasteiger partial charge on any atom is -0.504 e. The third-order valence-electron chi connectivity index (χ3n) is 3.60. The molecule has 24 heavy (non-hydrogen) atoms. The highest BCUT2D eigenvalue weighted by Gasteiger charge is 2.03. The summed E-state index contributed by atoms with van der Waals surface area (Å²) in [6.45, 7) is 4.41. The molecule has 3 aromatic rings. The van der Waals surface area contributed by atoms with Gasteiger partial charge in [-0.25, -0.2) is 4.98 Å². The zero-order chi connectivity index (χ0) is 16.9. The monoisotopic (exact) mass is 321 g/mol. The van der Waals surface area contributed by atoms with Crippen molar-refractivity contribution in [3.05, 3.63) is 59.7 Å². The fraction of sp³-hybridized carbons (Fsp3) is 0.158. The van der Waals surface area contributed by atoms with Gasteiger partial charge in [0.05, 0.1) is 18.3 Å². The van der Waals surface area contributed by atoms with Crippen LogP contribution in [0, 0.1) is 6.92 Å². The summed E-state index contributed by atoms with van der Waals surface area (Å²) in [5.41, 5.74) is 5.84. The van der Waals surface area contributed by atoms with Gasteiger partial charge in [-0.15, -0.1) is 0 Å². The first-order valence-corrected chi connectivity index (χ1v) is 7.78. The zero-order valence-corrected chi connectivity index (χ0v) is 13.7. The van der Waals surface area contributed by atoms with Crippen LogP contribution >= 0.6 is 0 Å². The summed E-state index contributed by atoms with van der Waals surface area (Å²) in [5, 5.41) is 15.1. The van der Waals surface area contributed by atoms with Crippen molar-refractivity contribution in [2.75, 3.05) is 12.0 Å². The van der Waals surface area contributed by atoms with Gasteiger partial charge in [0.25, 0.3) is 0 Å². The van der Waals surface area contributed by atoms with Crippen LogP contribution in [0.3, 0.4) is 0 Å². The van der Waals surface area contributed by atoms with Crippen molar-refractivity contribution in [2.45, 2.75) is 13.8 Å². The molecular weight excluding hydrogens is 302 g/mol.